The van der Waals surface area contributed by atoms with Crippen molar-refractivity contribution >= 4 is 5.97 Å². The standard InChI is InChI=1S/C16H23NO3/c1-13(11-19-12-14-7-3-2-4-8-14)20-16(18)15-9-5-6-10-17-15/h2-4,7-8,13,15,17H,5-6,9-12H2,1H3/t13-,15?/m1/s1. The molecule has 4 nitrogen and oxygen atoms in total. The third kappa shape index (κ3) is 4.94. The van der Waals surface area contributed by atoms with Crippen LogP contribution < -0.4 is 5.32 Å². The van der Waals surface area contributed by atoms with Gasteiger partial charge in [0.25, 0.3) is 0 Å². The average molecular weight is 277 g/mol. The quantitative estimate of drug-likeness (QED) is 0.810. The number of benzene rings is 1. The molecule has 1 aromatic carbocycles. The van der Waals surface area contributed by atoms with Gasteiger partial charge in [-0.05, 0) is 31.9 Å². The number of carbonyl (C=O) groups excluding carboxylic acids is 1. The molecule has 1 unspecified atom stereocenters. The minimum absolute atomic E-state index is 0.139. The zero-order valence-electron chi connectivity index (χ0n) is 12.0. The van der Waals surface area contributed by atoms with E-state index < -0.39 is 0 Å². The molecule has 2 atom stereocenters. The second-order valence-corrected chi connectivity index (χ2v) is 5.25. The molecule has 0 aromatic heterocycles. The minimum Gasteiger partial charge on any atom is -0.459 e. The Kier molecular flexibility index (Phi) is 6.02. The number of hydrogen-bond donors (Lipinski definition) is 1. The Morgan fingerprint density at radius 3 is 2.85 bits per heavy atom. The number of ether oxygens (including phenoxy) is 2. The van der Waals surface area contributed by atoms with Gasteiger partial charge in [0.1, 0.15) is 12.1 Å². The molecule has 2 rings (SSSR count). The summed E-state index contributed by atoms with van der Waals surface area (Å²) in [6.45, 7) is 3.74. The van der Waals surface area contributed by atoms with Gasteiger partial charge in [0.05, 0.1) is 13.2 Å². The van der Waals surface area contributed by atoms with Crippen LogP contribution in [0.15, 0.2) is 30.3 Å². The Balaban J connectivity index is 1.64. The molecule has 1 fully saturated rings. The van der Waals surface area contributed by atoms with E-state index >= 15 is 0 Å². The molecule has 0 radical (unpaired) electrons. The Bertz CT molecular complexity index is 401. The van der Waals surface area contributed by atoms with E-state index in [9.17, 15) is 4.79 Å². The molecule has 0 saturated carbocycles. The maximum absolute atomic E-state index is 11.9. The summed E-state index contributed by atoms with van der Waals surface area (Å²) in [6.07, 6.45) is 2.89. The lowest BCUT2D eigenvalue weighted by molar-refractivity contribution is -0.154. The highest BCUT2D eigenvalue weighted by atomic mass is 16.6. The summed E-state index contributed by atoms with van der Waals surface area (Å²) in [4.78, 5) is 11.9. The summed E-state index contributed by atoms with van der Waals surface area (Å²) in [6, 6.07) is 9.84. The van der Waals surface area contributed by atoms with Gasteiger partial charge in [-0.1, -0.05) is 36.8 Å². The zero-order valence-corrected chi connectivity index (χ0v) is 12.0. The van der Waals surface area contributed by atoms with Crippen LogP contribution in [0.3, 0.4) is 0 Å². The SMILES string of the molecule is C[C@H](COCc1ccccc1)OC(=O)C1CCCCN1. The molecule has 4 heteroatoms. The Morgan fingerprint density at radius 1 is 1.35 bits per heavy atom. The number of nitrogens with one attached hydrogen (secondary N) is 1. The summed E-state index contributed by atoms with van der Waals surface area (Å²) in [5.74, 6) is -0.152. The van der Waals surface area contributed by atoms with Crippen molar-refractivity contribution in [1.29, 1.82) is 0 Å². The van der Waals surface area contributed by atoms with Gasteiger partial charge in [0.15, 0.2) is 0 Å². The Labute approximate surface area is 120 Å². The van der Waals surface area contributed by atoms with Crippen molar-refractivity contribution in [3.8, 4) is 0 Å². The summed E-state index contributed by atoms with van der Waals surface area (Å²) in [5.41, 5.74) is 1.12. The van der Waals surface area contributed by atoms with E-state index in [1.165, 1.54) is 0 Å². The summed E-state index contributed by atoms with van der Waals surface area (Å²) < 4.78 is 11.0. The van der Waals surface area contributed by atoms with Gasteiger partial charge in [-0.3, -0.25) is 4.79 Å². The molecule has 0 bridgehead atoms. The molecule has 0 spiro atoms. The summed E-state index contributed by atoms with van der Waals surface area (Å²) in [5, 5.41) is 3.19. The number of hydrogen-bond acceptors (Lipinski definition) is 4. The highest BCUT2D eigenvalue weighted by molar-refractivity contribution is 5.76. The van der Waals surface area contributed by atoms with Gasteiger partial charge in [-0.15, -0.1) is 0 Å². The number of piperidine rings is 1. The molecule has 1 aromatic rings. The van der Waals surface area contributed by atoms with Gasteiger partial charge < -0.3 is 14.8 Å². The van der Waals surface area contributed by atoms with Crippen LogP contribution in [-0.4, -0.2) is 31.3 Å². The van der Waals surface area contributed by atoms with Crippen molar-refractivity contribution in [3.63, 3.8) is 0 Å². The molecule has 1 aliphatic rings. The van der Waals surface area contributed by atoms with Crippen molar-refractivity contribution < 1.29 is 14.3 Å². The first-order chi connectivity index (χ1) is 9.75. The molecular formula is C16H23NO3. The molecule has 1 heterocycles. The van der Waals surface area contributed by atoms with Gasteiger partial charge in [-0.2, -0.15) is 0 Å². The van der Waals surface area contributed by atoms with Gasteiger partial charge in [0, 0.05) is 0 Å². The fourth-order valence-corrected chi connectivity index (χ4v) is 2.28. The minimum atomic E-state index is -0.213. The van der Waals surface area contributed by atoms with E-state index in [1.807, 2.05) is 37.3 Å². The first-order valence-corrected chi connectivity index (χ1v) is 7.31. The molecule has 1 aliphatic heterocycles. The van der Waals surface area contributed by atoms with Crippen LogP contribution in [0.1, 0.15) is 31.7 Å². The lowest BCUT2D eigenvalue weighted by Gasteiger charge is -2.23. The third-order valence-electron chi connectivity index (χ3n) is 3.38. The second kappa shape index (κ2) is 8.02. The first-order valence-electron chi connectivity index (χ1n) is 7.31. The summed E-state index contributed by atoms with van der Waals surface area (Å²) >= 11 is 0. The molecule has 110 valence electrons. The van der Waals surface area contributed by atoms with Gasteiger partial charge in [-0.25, -0.2) is 0 Å². The lowest BCUT2D eigenvalue weighted by Crippen LogP contribution is -2.42. The topological polar surface area (TPSA) is 47.6 Å². The third-order valence-corrected chi connectivity index (χ3v) is 3.38. The monoisotopic (exact) mass is 277 g/mol. The highest BCUT2D eigenvalue weighted by Crippen LogP contribution is 2.10. The number of rotatable bonds is 6. The zero-order chi connectivity index (χ0) is 14.2. The van der Waals surface area contributed by atoms with E-state index in [4.69, 9.17) is 9.47 Å². The van der Waals surface area contributed by atoms with Crippen LogP contribution in [0.2, 0.25) is 0 Å². The molecule has 0 aliphatic carbocycles. The molecule has 20 heavy (non-hydrogen) atoms. The van der Waals surface area contributed by atoms with Crippen LogP contribution in [-0.2, 0) is 20.9 Å². The number of carbonyl (C=O) groups is 1. The van der Waals surface area contributed by atoms with Crippen molar-refractivity contribution in [2.24, 2.45) is 0 Å². The fraction of sp³-hybridized carbons (Fsp3) is 0.562. The Hall–Kier alpha value is -1.39. The van der Waals surface area contributed by atoms with E-state index in [2.05, 4.69) is 5.32 Å². The fourth-order valence-electron chi connectivity index (χ4n) is 2.28. The van der Waals surface area contributed by atoms with Crippen LogP contribution in [0.4, 0.5) is 0 Å². The van der Waals surface area contributed by atoms with E-state index in [0.29, 0.717) is 13.2 Å². The van der Waals surface area contributed by atoms with Gasteiger partial charge >= 0.3 is 5.97 Å². The molecule has 1 saturated heterocycles. The van der Waals surface area contributed by atoms with E-state index in [-0.39, 0.29) is 18.1 Å². The van der Waals surface area contributed by atoms with E-state index in [0.717, 1.165) is 31.4 Å². The van der Waals surface area contributed by atoms with E-state index in [1.54, 1.807) is 0 Å². The van der Waals surface area contributed by atoms with Crippen molar-refractivity contribution in [2.75, 3.05) is 13.2 Å². The smallest absolute Gasteiger partial charge is 0.323 e. The normalized spacial score (nSPS) is 20.4. The first kappa shape index (κ1) is 15.0. The summed E-state index contributed by atoms with van der Waals surface area (Å²) in [7, 11) is 0. The highest BCUT2D eigenvalue weighted by Gasteiger charge is 2.23. The predicted molar refractivity (Wildman–Crippen MR) is 77.3 cm³/mol. The maximum atomic E-state index is 11.9. The maximum Gasteiger partial charge on any atom is 0.323 e. The van der Waals surface area contributed by atoms with Crippen molar-refractivity contribution in [3.05, 3.63) is 35.9 Å². The molecular weight excluding hydrogens is 254 g/mol. The van der Waals surface area contributed by atoms with Gasteiger partial charge in [0.2, 0.25) is 0 Å². The average Bonchev–Trinajstić information content (AvgIpc) is 2.49. The predicted octanol–water partition coefficient (Wildman–Crippen LogP) is 2.28. The molecule has 0 amide bonds. The van der Waals surface area contributed by atoms with Crippen molar-refractivity contribution in [1.82, 2.24) is 5.32 Å². The second-order valence-electron chi connectivity index (χ2n) is 5.25. The molecule has 1 N–H and O–H groups in total. The van der Waals surface area contributed by atoms with Crippen LogP contribution in [0.5, 0.6) is 0 Å². The Morgan fingerprint density at radius 2 is 2.15 bits per heavy atom. The largest absolute Gasteiger partial charge is 0.459 e. The lowest BCUT2D eigenvalue weighted by atomic mass is 10.1. The number of esters is 1. The van der Waals surface area contributed by atoms with Crippen LogP contribution in [0.25, 0.3) is 0 Å². The van der Waals surface area contributed by atoms with Crippen molar-refractivity contribution in [2.45, 2.75) is 44.9 Å². The van der Waals surface area contributed by atoms with Crippen LogP contribution in [0, 0.1) is 0 Å². The van der Waals surface area contributed by atoms with Crippen LogP contribution >= 0.6 is 0 Å².